The lowest BCUT2D eigenvalue weighted by atomic mass is 9.90. The number of hydrogen-bond acceptors (Lipinski definition) is 6. The highest BCUT2D eigenvalue weighted by atomic mass is 16.6. The summed E-state index contributed by atoms with van der Waals surface area (Å²) in [7, 11) is 0. The van der Waals surface area contributed by atoms with Crippen molar-refractivity contribution in [3.63, 3.8) is 0 Å². The van der Waals surface area contributed by atoms with E-state index in [-0.39, 0.29) is 19.0 Å². The Morgan fingerprint density at radius 2 is 0.851 bits per heavy atom. The standard InChI is InChI=1S/C41H40O6/c42-37(35-24-14-5-15-25-35)39-41(46-29-34-22-12-4-13-23-34)40(45-28-33-20-10-3-11-21-33)38(44-27-32-18-8-2-9-19-32)36(47-39)30-43-26-31-16-6-1-7-17-31/h1-25,36,38-41H,26-30H2/t36?,38-,39-,40?,41?/m0/s1. The maximum Gasteiger partial charge on any atom is 0.194 e. The van der Waals surface area contributed by atoms with E-state index in [9.17, 15) is 4.79 Å². The van der Waals surface area contributed by atoms with Crippen LogP contribution in [0.15, 0.2) is 152 Å². The molecule has 0 radical (unpaired) electrons. The van der Waals surface area contributed by atoms with Gasteiger partial charge in [0.1, 0.15) is 30.5 Å². The fourth-order valence-corrected chi connectivity index (χ4v) is 5.77. The van der Waals surface area contributed by atoms with Crippen LogP contribution in [0, 0.1) is 0 Å². The van der Waals surface area contributed by atoms with Crippen LogP contribution in [0.5, 0.6) is 0 Å². The first kappa shape index (κ1) is 32.5. The van der Waals surface area contributed by atoms with Crippen molar-refractivity contribution in [1.29, 1.82) is 0 Å². The number of ketones is 1. The molecule has 240 valence electrons. The number of carbonyl (C=O) groups excluding carboxylic acids is 1. The molecule has 1 saturated heterocycles. The third kappa shape index (κ3) is 9.10. The lowest BCUT2D eigenvalue weighted by molar-refractivity contribution is -0.261. The Balaban J connectivity index is 1.34. The van der Waals surface area contributed by atoms with Gasteiger partial charge in [0.2, 0.25) is 0 Å². The van der Waals surface area contributed by atoms with E-state index >= 15 is 0 Å². The molecule has 6 rings (SSSR count). The van der Waals surface area contributed by atoms with Gasteiger partial charge in [-0.3, -0.25) is 4.79 Å². The van der Waals surface area contributed by atoms with Crippen molar-refractivity contribution in [1.82, 2.24) is 0 Å². The minimum absolute atomic E-state index is 0.174. The van der Waals surface area contributed by atoms with E-state index in [1.165, 1.54) is 0 Å². The molecule has 0 spiro atoms. The Labute approximate surface area is 276 Å². The van der Waals surface area contributed by atoms with Gasteiger partial charge in [-0.2, -0.15) is 0 Å². The summed E-state index contributed by atoms with van der Waals surface area (Å²) in [6.07, 6.45) is -3.59. The minimum Gasteiger partial charge on any atom is -0.374 e. The van der Waals surface area contributed by atoms with Gasteiger partial charge < -0.3 is 23.7 Å². The van der Waals surface area contributed by atoms with Crippen LogP contribution in [0.1, 0.15) is 32.6 Å². The van der Waals surface area contributed by atoms with Gasteiger partial charge in [-0.25, -0.2) is 0 Å². The number of hydrogen-bond donors (Lipinski definition) is 0. The number of ether oxygens (including phenoxy) is 5. The van der Waals surface area contributed by atoms with Crippen LogP contribution in [0.25, 0.3) is 0 Å². The number of carbonyl (C=O) groups is 1. The Hall–Kier alpha value is -4.43. The molecular weight excluding hydrogens is 588 g/mol. The molecule has 5 aromatic rings. The molecule has 1 heterocycles. The van der Waals surface area contributed by atoms with Crippen molar-refractivity contribution in [3.05, 3.63) is 179 Å². The van der Waals surface area contributed by atoms with Crippen molar-refractivity contribution in [2.75, 3.05) is 6.61 Å². The molecule has 3 unspecified atom stereocenters. The number of rotatable bonds is 15. The average molecular weight is 629 g/mol. The second kappa shape index (κ2) is 16.9. The van der Waals surface area contributed by atoms with Crippen LogP contribution in [0.4, 0.5) is 0 Å². The molecule has 47 heavy (non-hydrogen) atoms. The highest BCUT2D eigenvalue weighted by Gasteiger charge is 2.51. The van der Waals surface area contributed by atoms with E-state index in [0.717, 1.165) is 22.3 Å². The van der Waals surface area contributed by atoms with E-state index < -0.39 is 30.5 Å². The molecule has 0 saturated carbocycles. The largest absolute Gasteiger partial charge is 0.374 e. The van der Waals surface area contributed by atoms with Crippen molar-refractivity contribution in [2.45, 2.75) is 56.9 Å². The Kier molecular flexibility index (Phi) is 11.7. The van der Waals surface area contributed by atoms with Crippen LogP contribution in [-0.4, -0.2) is 42.9 Å². The normalized spacial score (nSPS) is 20.9. The van der Waals surface area contributed by atoms with Crippen molar-refractivity contribution in [2.24, 2.45) is 0 Å². The zero-order valence-corrected chi connectivity index (χ0v) is 26.3. The molecule has 5 aromatic carbocycles. The van der Waals surface area contributed by atoms with Gasteiger partial charge >= 0.3 is 0 Å². The van der Waals surface area contributed by atoms with E-state index in [1.807, 2.05) is 140 Å². The maximum atomic E-state index is 14.2. The summed E-state index contributed by atoms with van der Waals surface area (Å²) in [5.74, 6) is -0.174. The molecule has 0 amide bonds. The molecule has 0 N–H and O–H groups in total. The van der Waals surface area contributed by atoms with Gasteiger partial charge in [-0.05, 0) is 22.3 Å². The molecule has 1 aliphatic rings. The highest BCUT2D eigenvalue weighted by molar-refractivity contribution is 6.00. The smallest absolute Gasteiger partial charge is 0.194 e. The second-order valence-electron chi connectivity index (χ2n) is 11.6. The van der Waals surface area contributed by atoms with Gasteiger partial charge in [0.25, 0.3) is 0 Å². The molecule has 6 heteroatoms. The van der Waals surface area contributed by atoms with Gasteiger partial charge in [0.05, 0.1) is 33.0 Å². The van der Waals surface area contributed by atoms with Crippen LogP contribution in [-0.2, 0) is 50.1 Å². The molecule has 0 aliphatic carbocycles. The van der Waals surface area contributed by atoms with Crippen molar-refractivity contribution < 1.29 is 28.5 Å². The first-order chi connectivity index (χ1) is 23.2. The Morgan fingerprint density at radius 1 is 0.468 bits per heavy atom. The first-order valence-corrected chi connectivity index (χ1v) is 16.1. The molecule has 0 aromatic heterocycles. The van der Waals surface area contributed by atoms with Gasteiger partial charge in [-0.15, -0.1) is 0 Å². The summed E-state index contributed by atoms with van der Waals surface area (Å²) in [5, 5.41) is 0. The van der Waals surface area contributed by atoms with Crippen molar-refractivity contribution >= 4 is 5.78 Å². The Morgan fingerprint density at radius 3 is 1.32 bits per heavy atom. The lowest BCUT2D eigenvalue weighted by Gasteiger charge is -2.45. The van der Waals surface area contributed by atoms with Crippen LogP contribution < -0.4 is 0 Å². The number of benzene rings is 5. The zero-order chi connectivity index (χ0) is 32.1. The van der Waals surface area contributed by atoms with Crippen LogP contribution in [0.3, 0.4) is 0 Å². The lowest BCUT2D eigenvalue weighted by Crippen LogP contribution is -2.63. The molecule has 0 bridgehead atoms. The predicted molar refractivity (Wildman–Crippen MR) is 181 cm³/mol. The third-order valence-electron chi connectivity index (χ3n) is 8.20. The van der Waals surface area contributed by atoms with E-state index in [0.29, 0.717) is 25.4 Å². The molecule has 5 atom stereocenters. The van der Waals surface area contributed by atoms with Crippen LogP contribution in [0.2, 0.25) is 0 Å². The maximum absolute atomic E-state index is 14.2. The Bertz CT molecular complexity index is 1620. The predicted octanol–water partition coefficient (Wildman–Crippen LogP) is 7.61. The summed E-state index contributed by atoms with van der Waals surface area (Å²) < 4.78 is 33.0. The zero-order valence-electron chi connectivity index (χ0n) is 26.3. The van der Waals surface area contributed by atoms with E-state index in [2.05, 4.69) is 0 Å². The van der Waals surface area contributed by atoms with Gasteiger partial charge in [0, 0.05) is 5.56 Å². The van der Waals surface area contributed by atoms with Crippen LogP contribution >= 0.6 is 0 Å². The molecule has 6 nitrogen and oxygen atoms in total. The monoisotopic (exact) mass is 628 g/mol. The van der Waals surface area contributed by atoms with E-state index in [4.69, 9.17) is 23.7 Å². The molecule has 1 aliphatic heterocycles. The summed E-state index contributed by atoms with van der Waals surface area (Å²) in [6.45, 7) is 1.51. The quantitative estimate of drug-likeness (QED) is 0.111. The first-order valence-electron chi connectivity index (χ1n) is 16.1. The van der Waals surface area contributed by atoms with Crippen molar-refractivity contribution in [3.8, 4) is 0 Å². The summed E-state index contributed by atoms with van der Waals surface area (Å²) in [6, 6.07) is 49.1. The fourth-order valence-electron chi connectivity index (χ4n) is 5.77. The minimum atomic E-state index is -0.955. The highest BCUT2D eigenvalue weighted by Crippen LogP contribution is 2.32. The SMILES string of the molecule is O=C(c1ccccc1)[C@@H]1OC(COCc2ccccc2)[C@H](OCc2ccccc2)C(OCc2ccccc2)C1OCc1ccccc1. The second-order valence-corrected chi connectivity index (χ2v) is 11.6. The third-order valence-corrected chi connectivity index (χ3v) is 8.20. The van der Waals surface area contributed by atoms with E-state index in [1.54, 1.807) is 12.1 Å². The average Bonchev–Trinajstić information content (AvgIpc) is 3.14. The summed E-state index contributed by atoms with van der Waals surface area (Å²) in [5.41, 5.74) is 4.59. The van der Waals surface area contributed by atoms with Gasteiger partial charge in [0.15, 0.2) is 5.78 Å². The molecular formula is C41H40O6. The topological polar surface area (TPSA) is 63.2 Å². The number of Topliss-reactive ketones (excluding diaryl/α,β-unsaturated/α-hetero) is 1. The molecule has 1 fully saturated rings. The fraction of sp³-hybridized carbons (Fsp3) is 0.244. The van der Waals surface area contributed by atoms with Gasteiger partial charge in [-0.1, -0.05) is 152 Å². The summed E-state index contributed by atoms with van der Waals surface area (Å²) >= 11 is 0. The summed E-state index contributed by atoms with van der Waals surface area (Å²) in [4.78, 5) is 14.2.